The number of carbonyl (C=O) groups excluding carboxylic acids is 1. The lowest BCUT2D eigenvalue weighted by atomic mass is 9.92. The van der Waals surface area contributed by atoms with Crippen molar-refractivity contribution in [1.82, 2.24) is 5.32 Å². The summed E-state index contributed by atoms with van der Waals surface area (Å²) in [6.07, 6.45) is 0.983. The van der Waals surface area contributed by atoms with Crippen molar-refractivity contribution in [1.29, 1.82) is 0 Å². The molecule has 0 saturated carbocycles. The summed E-state index contributed by atoms with van der Waals surface area (Å²) in [6.45, 7) is 0.893. The van der Waals surface area contributed by atoms with Gasteiger partial charge in [0.2, 0.25) is 0 Å². The minimum absolute atomic E-state index is 0.0176. The number of hydrogen-bond acceptors (Lipinski definition) is 2. The Hall–Kier alpha value is -3.51. The molecule has 3 heteroatoms. The van der Waals surface area contributed by atoms with Crippen LogP contribution in [0.1, 0.15) is 33.1 Å². The molecule has 3 aromatic rings. The van der Waals surface area contributed by atoms with Gasteiger partial charge in [-0.3, -0.25) is 4.79 Å². The van der Waals surface area contributed by atoms with Crippen molar-refractivity contribution in [2.24, 2.45) is 0 Å². The van der Waals surface area contributed by atoms with Gasteiger partial charge in [-0.1, -0.05) is 54.3 Å². The van der Waals surface area contributed by atoms with Crippen LogP contribution in [0.15, 0.2) is 78.9 Å². The number of nitrogens with zero attached hydrogens (tertiary/aromatic N) is 1. The monoisotopic (exact) mass is 366 g/mol. The van der Waals surface area contributed by atoms with Crippen molar-refractivity contribution in [3.05, 3.63) is 101 Å². The van der Waals surface area contributed by atoms with E-state index in [1.54, 1.807) is 7.05 Å². The maximum atomic E-state index is 11.8. The number of rotatable bonds is 2. The molecule has 1 heterocycles. The van der Waals surface area contributed by atoms with Crippen LogP contribution in [0, 0.1) is 11.8 Å². The van der Waals surface area contributed by atoms with Crippen LogP contribution in [0.3, 0.4) is 0 Å². The third-order valence-corrected chi connectivity index (χ3v) is 5.10. The minimum Gasteiger partial charge on any atom is -0.355 e. The average molecular weight is 366 g/mol. The molecule has 1 atom stereocenters. The molecule has 1 aliphatic heterocycles. The molecule has 1 N–H and O–H groups in total. The Balaban J connectivity index is 1.71. The molecular formula is C25H22N2O. The highest BCUT2D eigenvalue weighted by molar-refractivity contribution is 5.94. The maximum absolute atomic E-state index is 11.8. The molecule has 0 saturated heterocycles. The van der Waals surface area contributed by atoms with E-state index < -0.39 is 0 Å². The molecule has 0 fully saturated rings. The third kappa shape index (κ3) is 3.63. The molecule has 0 aromatic heterocycles. The number of carbonyl (C=O) groups is 1. The van der Waals surface area contributed by atoms with Crippen molar-refractivity contribution < 1.29 is 4.79 Å². The molecule has 0 bridgehead atoms. The van der Waals surface area contributed by atoms with Crippen molar-refractivity contribution in [3.63, 3.8) is 0 Å². The molecular weight excluding hydrogens is 344 g/mol. The SMILES string of the molecule is CNC(=O)c1ccc(N2CCc3ccccc3C2C#Cc2ccccc2)cc1. The summed E-state index contributed by atoms with van der Waals surface area (Å²) in [5.41, 5.74) is 5.37. The molecule has 28 heavy (non-hydrogen) atoms. The Kier molecular flexibility index (Phi) is 5.12. The number of nitrogens with one attached hydrogen (secondary N) is 1. The second kappa shape index (κ2) is 8.02. The maximum Gasteiger partial charge on any atom is 0.251 e. The molecule has 138 valence electrons. The van der Waals surface area contributed by atoms with Gasteiger partial charge in [0.15, 0.2) is 0 Å². The van der Waals surface area contributed by atoms with Gasteiger partial charge in [0, 0.05) is 30.4 Å². The number of hydrogen-bond donors (Lipinski definition) is 1. The van der Waals surface area contributed by atoms with Gasteiger partial charge >= 0.3 is 0 Å². The molecule has 0 radical (unpaired) electrons. The van der Waals surface area contributed by atoms with Gasteiger partial charge in [-0.25, -0.2) is 0 Å². The zero-order chi connectivity index (χ0) is 19.3. The van der Waals surface area contributed by atoms with Crippen LogP contribution in [-0.4, -0.2) is 19.5 Å². The standard InChI is InChI=1S/C25H22N2O/c1-26-25(28)21-12-14-22(15-13-21)27-18-17-20-9-5-6-10-23(20)24(27)16-11-19-7-3-2-4-8-19/h2-10,12-15,24H,17-18H2,1H3,(H,26,28). The third-order valence-electron chi connectivity index (χ3n) is 5.10. The second-order valence-corrected chi connectivity index (χ2v) is 6.81. The van der Waals surface area contributed by atoms with Crippen LogP contribution < -0.4 is 10.2 Å². The molecule has 3 aromatic carbocycles. The Morgan fingerprint density at radius 1 is 0.964 bits per heavy atom. The number of fused-ring (bicyclic) bond motifs is 1. The van der Waals surface area contributed by atoms with Crippen molar-refractivity contribution in [3.8, 4) is 11.8 Å². The fourth-order valence-electron chi connectivity index (χ4n) is 3.62. The Labute approximate surface area is 166 Å². The first-order valence-corrected chi connectivity index (χ1v) is 9.49. The smallest absolute Gasteiger partial charge is 0.251 e. The van der Waals surface area contributed by atoms with E-state index in [9.17, 15) is 4.79 Å². The number of benzene rings is 3. The van der Waals surface area contributed by atoms with Crippen LogP contribution in [-0.2, 0) is 6.42 Å². The number of amides is 1. The van der Waals surface area contributed by atoms with Crippen molar-refractivity contribution in [2.45, 2.75) is 12.5 Å². The fraction of sp³-hybridized carbons (Fsp3) is 0.160. The van der Waals surface area contributed by atoms with Crippen molar-refractivity contribution in [2.75, 3.05) is 18.5 Å². The van der Waals surface area contributed by atoms with Gasteiger partial charge in [0.25, 0.3) is 5.91 Å². The first-order valence-electron chi connectivity index (χ1n) is 9.49. The van der Waals surface area contributed by atoms with Gasteiger partial charge in [-0.15, -0.1) is 0 Å². The van der Waals surface area contributed by atoms with Gasteiger partial charge in [-0.2, -0.15) is 0 Å². The fourth-order valence-corrected chi connectivity index (χ4v) is 3.62. The molecule has 1 amide bonds. The zero-order valence-electron chi connectivity index (χ0n) is 15.9. The molecule has 0 aliphatic carbocycles. The lowest BCUT2D eigenvalue weighted by Gasteiger charge is -2.36. The van der Waals surface area contributed by atoms with E-state index in [1.807, 2.05) is 54.6 Å². The summed E-state index contributed by atoms with van der Waals surface area (Å²) < 4.78 is 0. The van der Waals surface area contributed by atoms with E-state index in [1.165, 1.54) is 11.1 Å². The van der Waals surface area contributed by atoms with Crippen LogP contribution in [0.5, 0.6) is 0 Å². The predicted octanol–water partition coefficient (Wildman–Crippen LogP) is 4.20. The van der Waals surface area contributed by atoms with E-state index in [0.717, 1.165) is 24.2 Å². The van der Waals surface area contributed by atoms with Crippen LogP contribution in [0.25, 0.3) is 0 Å². The van der Waals surface area contributed by atoms with Gasteiger partial charge < -0.3 is 10.2 Å². The molecule has 1 aliphatic rings. The minimum atomic E-state index is -0.0732. The highest BCUT2D eigenvalue weighted by Crippen LogP contribution is 2.33. The lowest BCUT2D eigenvalue weighted by molar-refractivity contribution is 0.0963. The topological polar surface area (TPSA) is 32.3 Å². The molecule has 0 spiro atoms. The zero-order valence-corrected chi connectivity index (χ0v) is 15.9. The first-order chi connectivity index (χ1) is 13.8. The van der Waals surface area contributed by atoms with E-state index in [2.05, 4.69) is 46.3 Å². The van der Waals surface area contributed by atoms with E-state index >= 15 is 0 Å². The second-order valence-electron chi connectivity index (χ2n) is 6.81. The quantitative estimate of drug-likeness (QED) is 0.690. The summed E-state index contributed by atoms with van der Waals surface area (Å²) in [5.74, 6) is 6.75. The van der Waals surface area contributed by atoms with Gasteiger partial charge in [0.1, 0.15) is 6.04 Å². The molecule has 4 rings (SSSR count). The van der Waals surface area contributed by atoms with Crippen LogP contribution in [0.2, 0.25) is 0 Å². The predicted molar refractivity (Wildman–Crippen MR) is 113 cm³/mol. The molecule has 1 unspecified atom stereocenters. The average Bonchev–Trinajstić information content (AvgIpc) is 2.77. The highest BCUT2D eigenvalue weighted by Gasteiger charge is 2.26. The normalized spacial score (nSPS) is 15.2. The van der Waals surface area contributed by atoms with E-state index in [0.29, 0.717) is 5.56 Å². The van der Waals surface area contributed by atoms with Crippen LogP contribution >= 0.6 is 0 Å². The largest absolute Gasteiger partial charge is 0.355 e. The summed E-state index contributed by atoms with van der Waals surface area (Å²) in [4.78, 5) is 14.2. The Morgan fingerprint density at radius 3 is 2.43 bits per heavy atom. The van der Waals surface area contributed by atoms with Crippen LogP contribution in [0.4, 0.5) is 5.69 Å². The number of anilines is 1. The van der Waals surface area contributed by atoms with Gasteiger partial charge in [-0.05, 0) is 53.9 Å². The first kappa shape index (κ1) is 17.9. The summed E-state index contributed by atoms with van der Waals surface area (Å²) in [6, 6.07) is 26.4. The van der Waals surface area contributed by atoms with E-state index in [4.69, 9.17) is 0 Å². The van der Waals surface area contributed by atoms with Gasteiger partial charge in [0.05, 0.1) is 0 Å². The Morgan fingerprint density at radius 2 is 1.68 bits per heavy atom. The highest BCUT2D eigenvalue weighted by atomic mass is 16.1. The van der Waals surface area contributed by atoms with E-state index in [-0.39, 0.29) is 11.9 Å². The summed E-state index contributed by atoms with van der Waals surface area (Å²) >= 11 is 0. The Bertz CT molecular complexity index is 1030. The molecule has 3 nitrogen and oxygen atoms in total. The van der Waals surface area contributed by atoms with Crippen molar-refractivity contribution >= 4 is 11.6 Å². The summed E-state index contributed by atoms with van der Waals surface area (Å²) in [5, 5.41) is 2.67. The summed E-state index contributed by atoms with van der Waals surface area (Å²) in [7, 11) is 1.65. The lowest BCUT2D eigenvalue weighted by Crippen LogP contribution is -2.34.